The molecule has 1 aromatic heterocycles. The van der Waals surface area contributed by atoms with E-state index in [1.165, 1.54) is 16.7 Å². The van der Waals surface area contributed by atoms with Gasteiger partial charge in [0.25, 0.3) is 0 Å². The van der Waals surface area contributed by atoms with E-state index in [0.717, 1.165) is 22.2 Å². The summed E-state index contributed by atoms with van der Waals surface area (Å²) in [6.45, 7) is 7.18. The van der Waals surface area contributed by atoms with Gasteiger partial charge in [-0.1, -0.05) is 24.6 Å². The number of rotatable bonds is 5. The maximum atomic E-state index is 6.33. The van der Waals surface area contributed by atoms with Crippen molar-refractivity contribution in [3.05, 3.63) is 50.2 Å². The van der Waals surface area contributed by atoms with E-state index < -0.39 is 0 Å². The second-order valence-corrected chi connectivity index (χ2v) is 6.18. The number of nitrogens with one attached hydrogen (secondary N) is 1. The van der Waals surface area contributed by atoms with E-state index in [0.29, 0.717) is 0 Å². The molecule has 20 heavy (non-hydrogen) atoms. The third kappa shape index (κ3) is 3.00. The van der Waals surface area contributed by atoms with Crippen molar-refractivity contribution in [3.8, 4) is 5.75 Å². The molecule has 0 saturated heterocycles. The highest BCUT2D eigenvalue weighted by molar-refractivity contribution is 7.10. The van der Waals surface area contributed by atoms with Gasteiger partial charge in [-0.3, -0.25) is 0 Å². The molecule has 0 aliphatic rings. The van der Waals surface area contributed by atoms with Crippen molar-refractivity contribution in [2.75, 3.05) is 13.7 Å². The van der Waals surface area contributed by atoms with Crippen LogP contribution in [0.5, 0.6) is 5.75 Å². The molecule has 0 spiro atoms. The third-order valence-electron chi connectivity index (χ3n) is 3.32. The van der Waals surface area contributed by atoms with Gasteiger partial charge in [-0.15, -0.1) is 11.3 Å². The van der Waals surface area contributed by atoms with Crippen molar-refractivity contribution in [3.63, 3.8) is 0 Å². The summed E-state index contributed by atoms with van der Waals surface area (Å²) in [4.78, 5) is 1.14. The van der Waals surface area contributed by atoms with Crippen LogP contribution in [0.3, 0.4) is 0 Å². The maximum Gasteiger partial charge on any atom is 0.124 e. The number of methoxy groups -OCH3 is 1. The standard InChI is InChI=1S/C16H20ClNOS/c1-5-18-15(16-12(17)6-7-20-16)14-11(3)8-10(2)9-13(14)19-4/h6-9,15,18H,5H2,1-4H3. The molecule has 2 nitrogen and oxygen atoms in total. The van der Waals surface area contributed by atoms with Crippen LogP contribution in [0.1, 0.15) is 34.5 Å². The predicted octanol–water partition coefficient (Wildman–Crippen LogP) is 4.73. The molecule has 4 heteroatoms. The van der Waals surface area contributed by atoms with E-state index >= 15 is 0 Å². The molecule has 0 bridgehead atoms. The Morgan fingerprint density at radius 2 is 2.10 bits per heavy atom. The van der Waals surface area contributed by atoms with Crippen molar-refractivity contribution in [1.29, 1.82) is 0 Å². The smallest absolute Gasteiger partial charge is 0.124 e. The lowest BCUT2D eigenvalue weighted by Gasteiger charge is -2.23. The first-order valence-corrected chi connectivity index (χ1v) is 7.95. The van der Waals surface area contributed by atoms with Gasteiger partial charge in [0.05, 0.1) is 18.2 Å². The Balaban J connectivity index is 2.58. The van der Waals surface area contributed by atoms with Gasteiger partial charge in [-0.25, -0.2) is 0 Å². The summed E-state index contributed by atoms with van der Waals surface area (Å²) >= 11 is 8.00. The van der Waals surface area contributed by atoms with E-state index in [4.69, 9.17) is 16.3 Å². The van der Waals surface area contributed by atoms with Crippen LogP contribution < -0.4 is 10.1 Å². The highest BCUT2D eigenvalue weighted by Gasteiger charge is 2.23. The lowest BCUT2D eigenvalue weighted by Crippen LogP contribution is -2.23. The summed E-state index contributed by atoms with van der Waals surface area (Å²) in [5.41, 5.74) is 3.59. The first kappa shape index (κ1) is 15.4. The Bertz CT molecular complexity index is 594. The van der Waals surface area contributed by atoms with Crippen LogP contribution in [0.25, 0.3) is 0 Å². The Kier molecular flexibility index (Phi) is 5.08. The van der Waals surface area contributed by atoms with Crippen molar-refractivity contribution < 1.29 is 4.74 Å². The minimum Gasteiger partial charge on any atom is -0.496 e. The van der Waals surface area contributed by atoms with Crippen molar-refractivity contribution in [2.24, 2.45) is 0 Å². The molecule has 0 radical (unpaired) electrons. The molecule has 0 amide bonds. The highest BCUT2D eigenvalue weighted by atomic mass is 35.5. The molecule has 0 fully saturated rings. The van der Waals surface area contributed by atoms with Gasteiger partial charge >= 0.3 is 0 Å². The van der Waals surface area contributed by atoms with Crippen molar-refractivity contribution >= 4 is 22.9 Å². The average Bonchev–Trinajstić information content (AvgIpc) is 2.82. The largest absolute Gasteiger partial charge is 0.496 e. The van der Waals surface area contributed by atoms with Crippen LogP contribution in [0.4, 0.5) is 0 Å². The van der Waals surface area contributed by atoms with E-state index in [2.05, 4.69) is 38.2 Å². The van der Waals surface area contributed by atoms with Crippen LogP contribution in [0.15, 0.2) is 23.6 Å². The lowest BCUT2D eigenvalue weighted by atomic mass is 9.96. The fourth-order valence-electron chi connectivity index (χ4n) is 2.52. The van der Waals surface area contributed by atoms with Crippen LogP contribution in [0, 0.1) is 13.8 Å². The second-order valence-electron chi connectivity index (χ2n) is 4.82. The Morgan fingerprint density at radius 1 is 1.35 bits per heavy atom. The van der Waals surface area contributed by atoms with Crippen LogP contribution in [0.2, 0.25) is 5.02 Å². The molecular formula is C16H20ClNOS. The number of aryl methyl sites for hydroxylation is 2. The van der Waals surface area contributed by atoms with Crippen LogP contribution in [-0.2, 0) is 0 Å². The minimum atomic E-state index is 0.0723. The number of halogens is 1. The first-order valence-electron chi connectivity index (χ1n) is 6.69. The molecule has 0 aliphatic carbocycles. The molecule has 2 aromatic rings. The summed E-state index contributed by atoms with van der Waals surface area (Å²) in [5.74, 6) is 0.915. The molecule has 2 rings (SSSR count). The predicted molar refractivity (Wildman–Crippen MR) is 87.3 cm³/mol. The molecule has 0 aliphatic heterocycles. The Morgan fingerprint density at radius 3 is 2.65 bits per heavy atom. The van der Waals surface area contributed by atoms with E-state index in [-0.39, 0.29) is 6.04 Å². The van der Waals surface area contributed by atoms with Crippen LogP contribution >= 0.6 is 22.9 Å². The topological polar surface area (TPSA) is 21.3 Å². The summed E-state index contributed by atoms with van der Waals surface area (Å²) in [6, 6.07) is 6.28. The van der Waals surface area contributed by atoms with Crippen LogP contribution in [-0.4, -0.2) is 13.7 Å². The molecule has 1 aromatic carbocycles. The molecule has 1 unspecified atom stereocenters. The zero-order chi connectivity index (χ0) is 14.7. The molecule has 1 atom stereocenters. The fourth-order valence-corrected chi connectivity index (χ4v) is 3.77. The number of benzene rings is 1. The minimum absolute atomic E-state index is 0.0723. The van der Waals surface area contributed by atoms with Gasteiger partial charge in [0.2, 0.25) is 0 Å². The Hall–Kier alpha value is -1.03. The monoisotopic (exact) mass is 309 g/mol. The number of hydrogen-bond acceptors (Lipinski definition) is 3. The zero-order valence-electron chi connectivity index (χ0n) is 12.3. The van der Waals surface area contributed by atoms with Crippen molar-refractivity contribution in [1.82, 2.24) is 5.32 Å². The van der Waals surface area contributed by atoms with Gasteiger partial charge < -0.3 is 10.1 Å². The third-order valence-corrected chi connectivity index (χ3v) is 4.74. The number of thiophene rings is 1. The van der Waals surface area contributed by atoms with E-state index in [1.54, 1.807) is 18.4 Å². The second kappa shape index (κ2) is 6.61. The van der Waals surface area contributed by atoms with Gasteiger partial charge in [0, 0.05) is 10.4 Å². The molecule has 1 N–H and O–H groups in total. The quantitative estimate of drug-likeness (QED) is 0.862. The lowest BCUT2D eigenvalue weighted by molar-refractivity contribution is 0.403. The molecular weight excluding hydrogens is 290 g/mol. The van der Waals surface area contributed by atoms with Gasteiger partial charge in [-0.05, 0) is 49.0 Å². The molecule has 0 saturated carbocycles. The fraction of sp³-hybridized carbons (Fsp3) is 0.375. The van der Waals surface area contributed by atoms with Gasteiger partial charge in [0.15, 0.2) is 0 Å². The number of hydrogen-bond donors (Lipinski definition) is 1. The SMILES string of the molecule is CCNC(c1sccc1Cl)c1c(C)cc(C)cc1OC. The van der Waals surface area contributed by atoms with Gasteiger partial charge in [0.1, 0.15) is 5.75 Å². The zero-order valence-corrected chi connectivity index (χ0v) is 13.9. The summed E-state index contributed by atoms with van der Waals surface area (Å²) in [5, 5.41) is 6.36. The molecule has 1 heterocycles. The summed E-state index contributed by atoms with van der Waals surface area (Å²) < 4.78 is 5.59. The van der Waals surface area contributed by atoms with E-state index in [1.807, 2.05) is 11.4 Å². The number of ether oxygens (including phenoxy) is 1. The summed E-state index contributed by atoms with van der Waals surface area (Å²) in [6.07, 6.45) is 0. The first-order chi connectivity index (χ1) is 9.58. The van der Waals surface area contributed by atoms with Crippen molar-refractivity contribution in [2.45, 2.75) is 26.8 Å². The highest BCUT2D eigenvalue weighted by Crippen LogP contribution is 2.38. The van der Waals surface area contributed by atoms with Gasteiger partial charge in [-0.2, -0.15) is 0 Å². The average molecular weight is 310 g/mol. The normalized spacial score (nSPS) is 12.4. The maximum absolute atomic E-state index is 6.33. The molecule has 108 valence electrons. The Labute approximate surface area is 129 Å². The summed E-state index contributed by atoms with van der Waals surface area (Å²) in [7, 11) is 1.72. The van der Waals surface area contributed by atoms with E-state index in [9.17, 15) is 0 Å².